The van der Waals surface area contributed by atoms with E-state index in [0.29, 0.717) is 4.83 Å². The molecule has 1 fully saturated rings. The second kappa shape index (κ2) is 3.99. The quantitative estimate of drug-likeness (QED) is 0.738. The fourth-order valence-electron chi connectivity index (χ4n) is 1.74. The highest BCUT2D eigenvalue weighted by Crippen LogP contribution is 2.47. The van der Waals surface area contributed by atoms with Gasteiger partial charge in [-0.1, -0.05) is 47.4 Å². The van der Waals surface area contributed by atoms with Crippen LogP contribution >= 0.6 is 27.5 Å². The molecule has 0 spiro atoms. The first-order valence-electron chi connectivity index (χ1n) is 5.06. The summed E-state index contributed by atoms with van der Waals surface area (Å²) in [6.07, 6.45) is 1.33. The Morgan fingerprint density at radius 1 is 1.47 bits per heavy atom. The fourth-order valence-corrected chi connectivity index (χ4v) is 2.56. The highest BCUT2D eigenvalue weighted by molar-refractivity contribution is 9.09. The first-order chi connectivity index (χ1) is 7.00. The third kappa shape index (κ3) is 2.16. The minimum absolute atomic E-state index is 0.197. The summed E-state index contributed by atoms with van der Waals surface area (Å²) in [4.78, 5) is 0.550. The molecule has 1 aliphatic carbocycles. The highest BCUT2D eigenvalue weighted by atomic mass is 79.9. The lowest BCUT2D eigenvalue weighted by molar-refractivity contribution is -0.00778. The molecular weight excluding hydrogens is 275 g/mol. The number of rotatable bonds is 2. The summed E-state index contributed by atoms with van der Waals surface area (Å²) in [6, 6.07) is 7.57. The Morgan fingerprint density at radius 2 is 2.20 bits per heavy atom. The summed E-state index contributed by atoms with van der Waals surface area (Å²) < 4.78 is 5.90. The molecule has 3 heteroatoms. The van der Waals surface area contributed by atoms with Crippen LogP contribution in [0.4, 0.5) is 0 Å². The van der Waals surface area contributed by atoms with Gasteiger partial charge in [-0.2, -0.15) is 0 Å². The molecule has 0 heterocycles. The zero-order valence-corrected chi connectivity index (χ0v) is 11.2. The second-order valence-corrected chi connectivity index (χ2v) is 6.13. The number of hydrogen-bond donors (Lipinski definition) is 0. The van der Waals surface area contributed by atoms with Gasteiger partial charge >= 0.3 is 0 Å². The molecule has 2 rings (SSSR count). The van der Waals surface area contributed by atoms with Crippen molar-refractivity contribution in [3.63, 3.8) is 0 Å². The normalized spacial score (nSPS) is 28.3. The van der Waals surface area contributed by atoms with Crippen LogP contribution < -0.4 is 4.74 Å². The van der Waals surface area contributed by atoms with E-state index in [4.69, 9.17) is 16.3 Å². The molecule has 0 bridgehead atoms. The van der Waals surface area contributed by atoms with Crippen LogP contribution in [0, 0.1) is 5.41 Å². The van der Waals surface area contributed by atoms with Crippen molar-refractivity contribution in [1.29, 1.82) is 0 Å². The van der Waals surface area contributed by atoms with Gasteiger partial charge in [0.25, 0.3) is 0 Å². The van der Waals surface area contributed by atoms with E-state index in [0.717, 1.165) is 17.2 Å². The minimum Gasteiger partial charge on any atom is -0.490 e. The second-order valence-electron chi connectivity index (χ2n) is 4.59. The lowest BCUT2D eigenvalue weighted by atomic mass is 9.69. The van der Waals surface area contributed by atoms with Gasteiger partial charge < -0.3 is 4.74 Å². The Balaban J connectivity index is 2.05. The molecule has 0 amide bonds. The Hall–Kier alpha value is -0.210. The predicted octanol–water partition coefficient (Wildman–Crippen LogP) is 4.28. The molecule has 0 aromatic heterocycles. The van der Waals surface area contributed by atoms with Crippen LogP contribution in [0.5, 0.6) is 5.75 Å². The molecule has 1 saturated carbocycles. The molecule has 0 N–H and O–H groups in total. The summed E-state index contributed by atoms with van der Waals surface area (Å²) in [5.74, 6) is 0.861. The third-order valence-corrected chi connectivity index (χ3v) is 4.92. The number of ether oxygens (including phenoxy) is 1. The summed E-state index contributed by atoms with van der Waals surface area (Å²) in [5, 5.41) is 0.722. The predicted molar refractivity (Wildman–Crippen MR) is 67.0 cm³/mol. The van der Waals surface area contributed by atoms with Gasteiger partial charge in [-0.25, -0.2) is 0 Å². The lowest BCUT2D eigenvalue weighted by Gasteiger charge is -2.48. The summed E-state index contributed by atoms with van der Waals surface area (Å²) in [5.41, 5.74) is 0.197. The van der Waals surface area contributed by atoms with E-state index in [2.05, 4.69) is 29.8 Å². The largest absolute Gasteiger partial charge is 0.490 e. The molecule has 0 radical (unpaired) electrons. The van der Waals surface area contributed by atoms with Crippen LogP contribution in [-0.4, -0.2) is 10.9 Å². The van der Waals surface area contributed by atoms with Crippen LogP contribution in [0.1, 0.15) is 20.3 Å². The maximum absolute atomic E-state index is 5.90. The van der Waals surface area contributed by atoms with Gasteiger partial charge in [0.2, 0.25) is 0 Å². The monoisotopic (exact) mass is 288 g/mol. The number of benzene rings is 1. The first-order valence-corrected chi connectivity index (χ1v) is 6.36. The maximum Gasteiger partial charge on any atom is 0.121 e. The van der Waals surface area contributed by atoms with Crippen molar-refractivity contribution < 1.29 is 4.74 Å². The van der Waals surface area contributed by atoms with Crippen molar-refractivity contribution in [2.24, 2.45) is 5.41 Å². The van der Waals surface area contributed by atoms with Gasteiger partial charge in [0, 0.05) is 15.3 Å². The number of hydrogen-bond acceptors (Lipinski definition) is 1. The van der Waals surface area contributed by atoms with Crippen molar-refractivity contribution in [2.45, 2.75) is 31.2 Å². The fraction of sp³-hybridized carbons (Fsp3) is 0.500. The molecule has 1 aromatic rings. The Labute approximate surface area is 104 Å². The van der Waals surface area contributed by atoms with E-state index in [1.807, 2.05) is 24.3 Å². The molecule has 1 aliphatic rings. The molecule has 0 saturated heterocycles. The van der Waals surface area contributed by atoms with Crippen molar-refractivity contribution in [2.75, 3.05) is 0 Å². The Bertz CT molecular complexity index is 364. The van der Waals surface area contributed by atoms with Gasteiger partial charge in [0.15, 0.2) is 0 Å². The molecule has 0 aliphatic heterocycles. The van der Waals surface area contributed by atoms with Crippen LogP contribution in [0.25, 0.3) is 0 Å². The molecule has 1 aromatic carbocycles. The standard InChI is InChI=1S/C12H14BrClO/c1-12(2)10(13)7-11(12)15-9-5-3-4-8(14)6-9/h3-6,10-11H,7H2,1-2H3. The van der Waals surface area contributed by atoms with Crippen LogP contribution in [0.2, 0.25) is 5.02 Å². The van der Waals surface area contributed by atoms with Gasteiger partial charge in [-0.15, -0.1) is 0 Å². The van der Waals surface area contributed by atoms with E-state index in [1.54, 1.807) is 0 Å². The lowest BCUT2D eigenvalue weighted by Crippen LogP contribution is -2.53. The smallest absolute Gasteiger partial charge is 0.121 e. The van der Waals surface area contributed by atoms with Gasteiger partial charge in [0.05, 0.1) is 0 Å². The van der Waals surface area contributed by atoms with Crippen molar-refractivity contribution in [3.8, 4) is 5.75 Å². The Kier molecular flexibility index (Phi) is 3.00. The SMILES string of the molecule is CC1(C)C(Br)CC1Oc1cccc(Cl)c1. The van der Waals surface area contributed by atoms with Gasteiger partial charge in [-0.05, 0) is 24.6 Å². The van der Waals surface area contributed by atoms with Crippen molar-refractivity contribution >= 4 is 27.5 Å². The zero-order valence-electron chi connectivity index (χ0n) is 8.84. The Morgan fingerprint density at radius 3 is 2.73 bits per heavy atom. The van der Waals surface area contributed by atoms with Gasteiger partial charge in [-0.3, -0.25) is 0 Å². The number of alkyl halides is 1. The summed E-state index contributed by atoms with van der Waals surface area (Å²) in [7, 11) is 0. The van der Waals surface area contributed by atoms with E-state index in [1.165, 1.54) is 0 Å². The van der Waals surface area contributed by atoms with Crippen LogP contribution in [0.3, 0.4) is 0 Å². The maximum atomic E-state index is 5.90. The minimum atomic E-state index is 0.197. The third-order valence-electron chi connectivity index (χ3n) is 3.13. The molecular formula is C12H14BrClO. The van der Waals surface area contributed by atoms with E-state index in [9.17, 15) is 0 Å². The highest BCUT2D eigenvalue weighted by Gasteiger charge is 2.48. The van der Waals surface area contributed by atoms with Crippen molar-refractivity contribution in [3.05, 3.63) is 29.3 Å². The summed E-state index contributed by atoms with van der Waals surface area (Å²) in [6.45, 7) is 4.43. The average molecular weight is 290 g/mol. The van der Waals surface area contributed by atoms with Crippen LogP contribution in [-0.2, 0) is 0 Å². The number of halogens is 2. The van der Waals surface area contributed by atoms with E-state index >= 15 is 0 Å². The van der Waals surface area contributed by atoms with E-state index < -0.39 is 0 Å². The topological polar surface area (TPSA) is 9.23 Å². The first kappa shape index (κ1) is 11.3. The van der Waals surface area contributed by atoms with Gasteiger partial charge in [0.1, 0.15) is 11.9 Å². The van der Waals surface area contributed by atoms with Crippen LogP contribution in [0.15, 0.2) is 24.3 Å². The molecule has 2 atom stereocenters. The molecule has 15 heavy (non-hydrogen) atoms. The zero-order chi connectivity index (χ0) is 11.1. The molecule has 1 nitrogen and oxygen atoms in total. The molecule has 82 valence electrons. The van der Waals surface area contributed by atoms with E-state index in [-0.39, 0.29) is 11.5 Å². The average Bonchev–Trinajstić information content (AvgIpc) is 2.17. The molecule has 2 unspecified atom stereocenters. The van der Waals surface area contributed by atoms with Crippen molar-refractivity contribution in [1.82, 2.24) is 0 Å². The summed E-state index contributed by atoms with van der Waals surface area (Å²) >= 11 is 9.54.